The Hall–Kier alpha value is -1.68. The second-order valence-electron chi connectivity index (χ2n) is 4.98. The molecule has 0 unspecified atom stereocenters. The summed E-state index contributed by atoms with van der Waals surface area (Å²) in [7, 11) is 0. The summed E-state index contributed by atoms with van der Waals surface area (Å²) in [5.74, 6) is 1.68. The lowest BCUT2D eigenvalue weighted by atomic mass is 10.1. The second kappa shape index (κ2) is 6.66. The zero-order valence-corrected chi connectivity index (χ0v) is 12.6. The van der Waals surface area contributed by atoms with E-state index in [4.69, 9.17) is 22.1 Å². The summed E-state index contributed by atoms with van der Waals surface area (Å²) >= 11 is 6.18. The van der Waals surface area contributed by atoms with Gasteiger partial charge in [0.25, 0.3) is 0 Å². The number of ether oxygens (including phenoxy) is 1. The first-order valence-electron chi connectivity index (χ1n) is 6.79. The van der Waals surface area contributed by atoms with Gasteiger partial charge in [-0.25, -0.2) is 4.68 Å². The maximum Gasteiger partial charge on any atom is 0.140 e. The summed E-state index contributed by atoms with van der Waals surface area (Å²) in [6.45, 7) is 5.43. The summed E-state index contributed by atoms with van der Waals surface area (Å²) in [5.41, 5.74) is 6.82. The van der Waals surface area contributed by atoms with Crippen LogP contribution < -0.4 is 10.5 Å². The van der Waals surface area contributed by atoms with Gasteiger partial charge in [-0.3, -0.25) is 0 Å². The maximum atomic E-state index is 6.18. The number of hydrogen-bond donors (Lipinski definition) is 1. The van der Waals surface area contributed by atoms with Gasteiger partial charge in [0, 0.05) is 13.0 Å². The van der Waals surface area contributed by atoms with Gasteiger partial charge < -0.3 is 10.5 Å². The molecule has 5 heteroatoms. The molecule has 0 spiro atoms. The normalized spacial score (nSPS) is 11.0. The minimum absolute atomic E-state index is 0.270. The molecule has 2 rings (SSSR count). The van der Waals surface area contributed by atoms with E-state index in [0.29, 0.717) is 24.0 Å². The second-order valence-corrected chi connectivity index (χ2v) is 5.36. The van der Waals surface area contributed by atoms with Gasteiger partial charge in [-0.1, -0.05) is 43.6 Å². The highest BCUT2D eigenvalue weighted by Crippen LogP contribution is 2.28. The molecule has 0 saturated heterocycles. The number of halogens is 1. The van der Waals surface area contributed by atoms with Crippen molar-refractivity contribution in [2.75, 3.05) is 12.3 Å². The standard InChI is InChI=1S/C15H20ClN3O/c1-11(2)14-13(16)15(17)19(18-14)9-6-10-20-12-7-4-3-5-8-12/h3-5,7-8,11H,6,9-10,17H2,1-2H3. The van der Waals surface area contributed by atoms with Gasteiger partial charge in [0.15, 0.2) is 0 Å². The van der Waals surface area contributed by atoms with Crippen molar-refractivity contribution in [1.29, 1.82) is 0 Å². The average molecular weight is 294 g/mol. The number of anilines is 1. The molecule has 0 aliphatic rings. The first-order valence-corrected chi connectivity index (χ1v) is 7.17. The average Bonchev–Trinajstić information content (AvgIpc) is 2.73. The Morgan fingerprint density at radius 3 is 2.60 bits per heavy atom. The Bertz CT molecular complexity index is 552. The Kier molecular flexibility index (Phi) is 4.90. The smallest absolute Gasteiger partial charge is 0.140 e. The molecule has 0 saturated carbocycles. The molecule has 2 aromatic rings. The Morgan fingerprint density at radius 2 is 2.00 bits per heavy atom. The Morgan fingerprint density at radius 1 is 1.30 bits per heavy atom. The van der Waals surface area contributed by atoms with Crippen molar-refractivity contribution in [2.45, 2.75) is 32.7 Å². The zero-order valence-electron chi connectivity index (χ0n) is 11.8. The van der Waals surface area contributed by atoms with Gasteiger partial charge in [0.05, 0.1) is 12.3 Å². The summed E-state index contributed by atoms with van der Waals surface area (Å²) < 4.78 is 7.39. The third-order valence-electron chi connectivity index (χ3n) is 3.03. The number of aryl methyl sites for hydroxylation is 1. The zero-order chi connectivity index (χ0) is 14.5. The SMILES string of the molecule is CC(C)c1nn(CCCOc2ccccc2)c(N)c1Cl. The molecule has 2 N–H and O–H groups in total. The number of nitrogen functional groups attached to an aromatic ring is 1. The molecule has 0 fully saturated rings. The van der Waals surface area contributed by atoms with Crippen LogP contribution in [0.4, 0.5) is 5.82 Å². The van der Waals surface area contributed by atoms with Crippen molar-refractivity contribution in [3.8, 4) is 5.75 Å². The minimum atomic E-state index is 0.270. The van der Waals surface area contributed by atoms with Crippen molar-refractivity contribution < 1.29 is 4.74 Å². The van der Waals surface area contributed by atoms with Crippen molar-refractivity contribution in [3.63, 3.8) is 0 Å². The molecule has 0 bridgehead atoms. The molecule has 20 heavy (non-hydrogen) atoms. The number of rotatable bonds is 6. The van der Waals surface area contributed by atoms with E-state index in [1.165, 1.54) is 0 Å². The summed E-state index contributed by atoms with van der Waals surface area (Å²) in [6, 6.07) is 9.75. The number of hydrogen-bond acceptors (Lipinski definition) is 3. The molecular weight excluding hydrogens is 274 g/mol. The lowest BCUT2D eigenvalue weighted by Gasteiger charge is -2.07. The van der Waals surface area contributed by atoms with Crippen LogP contribution in [0.3, 0.4) is 0 Å². The predicted molar refractivity (Wildman–Crippen MR) is 82.3 cm³/mol. The van der Waals surface area contributed by atoms with Crippen LogP contribution in [0.1, 0.15) is 31.9 Å². The van der Waals surface area contributed by atoms with E-state index in [2.05, 4.69) is 18.9 Å². The van der Waals surface area contributed by atoms with Crippen molar-refractivity contribution >= 4 is 17.4 Å². The quantitative estimate of drug-likeness (QED) is 0.826. The van der Waals surface area contributed by atoms with Crippen LogP contribution in [0.25, 0.3) is 0 Å². The van der Waals surface area contributed by atoms with Crippen LogP contribution in [0.5, 0.6) is 5.75 Å². The summed E-state index contributed by atoms with van der Waals surface area (Å²) in [6.07, 6.45) is 0.828. The fourth-order valence-corrected chi connectivity index (χ4v) is 2.29. The highest BCUT2D eigenvalue weighted by atomic mass is 35.5. The lowest BCUT2D eigenvalue weighted by Crippen LogP contribution is -2.08. The van der Waals surface area contributed by atoms with Crippen LogP contribution in [0.2, 0.25) is 5.02 Å². The minimum Gasteiger partial charge on any atom is -0.494 e. The van der Waals surface area contributed by atoms with E-state index in [1.807, 2.05) is 30.3 Å². The molecule has 0 amide bonds. The predicted octanol–water partition coefficient (Wildman–Crippen LogP) is 3.71. The van der Waals surface area contributed by atoms with Gasteiger partial charge in [0.2, 0.25) is 0 Å². The maximum absolute atomic E-state index is 6.18. The third kappa shape index (κ3) is 3.45. The number of aromatic nitrogens is 2. The van der Waals surface area contributed by atoms with Crippen LogP contribution in [0, 0.1) is 0 Å². The van der Waals surface area contributed by atoms with E-state index in [1.54, 1.807) is 4.68 Å². The molecule has 0 radical (unpaired) electrons. The Labute approximate surface area is 124 Å². The van der Waals surface area contributed by atoms with Gasteiger partial charge in [-0.15, -0.1) is 0 Å². The van der Waals surface area contributed by atoms with Crippen LogP contribution in [-0.4, -0.2) is 16.4 Å². The molecule has 108 valence electrons. The number of nitrogens with two attached hydrogens (primary N) is 1. The Balaban J connectivity index is 1.87. The van der Waals surface area contributed by atoms with Crippen molar-refractivity contribution in [1.82, 2.24) is 9.78 Å². The largest absolute Gasteiger partial charge is 0.494 e. The van der Waals surface area contributed by atoms with E-state index in [9.17, 15) is 0 Å². The highest BCUT2D eigenvalue weighted by molar-refractivity contribution is 6.33. The summed E-state index contributed by atoms with van der Waals surface area (Å²) in [5, 5.41) is 5.03. The molecule has 1 heterocycles. The summed E-state index contributed by atoms with van der Waals surface area (Å²) in [4.78, 5) is 0. The van der Waals surface area contributed by atoms with E-state index in [0.717, 1.165) is 17.9 Å². The third-order valence-corrected chi connectivity index (χ3v) is 3.42. The van der Waals surface area contributed by atoms with Gasteiger partial charge in [-0.2, -0.15) is 5.10 Å². The topological polar surface area (TPSA) is 53.1 Å². The number of benzene rings is 1. The van der Waals surface area contributed by atoms with E-state index < -0.39 is 0 Å². The highest BCUT2D eigenvalue weighted by Gasteiger charge is 2.15. The lowest BCUT2D eigenvalue weighted by molar-refractivity contribution is 0.299. The first kappa shape index (κ1) is 14.7. The molecule has 0 aliphatic carbocycles. The fraction of sp³-hybridized carbons (Fsp3) is 0.400. The molecule has 0 atom stereocenters. The van der Waals surface area contributed by atoms with Crippen LogP contribution >= 0.6 is 11.6 Å². The van der Waals surface area contributed by atoms with Gasteiger partial charge in [0.1, 0.15) is 16.6 Å². The molecule has 4 nitrogen and oxygen atoms in total. The first-order chi connectivity index (χ1) is 9.59. The monoisotopic (exact) mass is 293 g/mol. The van der Waals surface area contributed by atoms with Crippen molar-refractivity contribution in [3.05, 3.63) is 41.0 Å². The van der Waals surface area contributed by atoms with Gasteiger partial charge in [-0.05, 0) is 18.1 Å². The van der Waals surface area contributed by atoms with E-state index >= 15 is 0 Å². The fourth-order valence-electron chi connectivity index (χ4n) is 1.93. The van der Waals surface area contributed by atoms with Gasteiger partial charge >= 0.3 is 0 Å². The molecular formula is C15H20ClN3O. The van der Waals surface area contributed by atoms with Crippen molar-refractivity contribution in [2.24, 2.45) is 0 Å². The molecule has 1 aromatic heterocycles. The number of nitrogens with zero attached hydrogens (tertiary/aromatic N) is 2. The van der Waals surface area contributed by atoms with Crippen LogP contribution in [0.15, 0.2) is 30.3 Å². The van der Waals surface area contributed by atoms with Crippen LogP contribution in [-0.2, 0) is 6.54 Å². The number of para-hydroxylation sites is 1. The molecule has 1 aromatic carbocycles. The molecule has 0 aliphatic heterocycles. The van der Waals surface area contributed by atoms with E-state index in [-0.39, 0.29) is 5.92 Å².